The number of likely N-dealkylation sites (tertiary alicyclic amines) is 1. The van der Waals surface area contributed by atoms with Gasteiger partial charge in [-0.15, -0.1) is 0 Å². The highest BCUT2D eigenvalue weighted by Gasteiger charge is 2.45. The monoisotopic (exact) mass is 431 g/mol. The van der Waals surface area contributed by atoms with Gasteiger partial charge in [-0.1, -0.05) is 37.1 Å². The standard InChI is InChI=1S/C23H30ClN3O3/c1-4-8-19-14-20(26(3)25-19)21(28)27-12-7-11-23(16-27,22(29)30-5-2)15-17-9-6-10-18(24)13-17/h6,9-10,13-14H,4-5,7-8,11-12,15-16H2,1-3H3/t23-/m1/s1. The molecule has 1 amide bonds. The molecule has 1 atom stereocenters. The lowest BCUT2D eigenvalue weighted by Gasteiger charge is -2.41. The summed E-state index contributed by atoms with van der Waals surface area (Å²) in [5.41, 5.74) is 1.66. The van der Waals surface area contributed by atoms with Crippen molar-refractivity contribution >= 4 is 23.5 Å². The van der Waals surface area contributed by atoms with E-state index in [1.165, 1.54) is 0 Å². The first-order valence-electron chi connectivity index (χ1n) is 10.6. The Kier molecular flexibility index (Phi) is 7.19. The number of aromatic nitrogens is 2. The average molecular weight is 432 g/mol. The van der Waals surface area contributed by atoms with Gasteiger partial charge in [0.05, 0.1) is 17.7 Å². The maximum atomic E-state index is 13.3. The van der Waals surface area contributed by atoms with E-state index >= 15 is 0 Å². The molecule has 0 N–H and O–H groups in total. The van der Waals surface area contributed by atoms with Crippen LogP contribution in [0.5, 0.6) is 0 Å². The van der Waals surface area contributed by atoms with E-state index in [4.69, 9.17) is 16.3 Å². The van der Waals surface area contributed by atoms with E-state index in [1.807, 2.05) is 37.3 Å². The molecule has 30 heavy (non-hydrogen) atoms. The molecule has 2 heterocycles. The van der Waals surface area contributed by atoms with Crippen LogP contribution in [0.15, 0.2) is 30.3 Å². The van der Waals surface area contributed by atoms with Gasteiger partial charge in [0.1, 0.15) is 5.69 Å². The van der Waals surface area contributed by atoms with Crippen LogP contribution in [0.4, 0.5) is 0 Å². The lowest BCUT2D eigenvalue weighted by molar-refractivity contribution is -0.158. The highest BCUT2D eigenvalue weighted by Crippen LogP contribution is 2.36. The number of halogens is 1. The summed E-state index contributed by atoms with van der Waals surface area (Å²) < 4.78 is 7.10. The Balaban J connectivity index is 1.87. The van der Waals surface area contributed by atoms with Crippen LogP contribution in [-0.4, -0.2) is 46.3 Å². The van der Waals surface area contributed by atoms with Crippen LogP contribution in [0.3, 0.4) is 0 Å². The van der Waals surface area contributed by atoms with Crippen molar-refractivity contribution in [3.05, 3.63) is 52.3 Å². The van der Waals surface area contributed by atoms with Crippen LogP contribution < -0.4 is 0 Å². The molecule has 162 valence electrons. The molecule has 3 rings (SSSR count). The van der Waals surface area contributed by atoms with Crippen molar-refractivity contribution in [1.29, 1.82) is 0 Å². The highest BCUT2D eigenvalue weighted by atomic mass is 35.5. The van der Waals surface area contributed by atoms with E-state index in [0.29, 0.717) is 43.3 Å². The van der Waals surface area contributed by atoms with Gasteiger partial charge in [0.15, 0.2) is 0 Å². The zero-order valence-electron chi connectivity index (χ0n) is 18.0. The molecule has 1 aromatic heterocycles. The zero-order chi connectivity index (χ0) is 21.7. The van der Waals surface area contributed by atoms with Crippen molar-refractivity contribution in [2.75, 3.05) is 19.7 Å². The molecule has 0 saturated carbocycles. The minimum atomic E-state index is -0.778. The van der Waals surface area contributed by atoms with Gasteiger partial charge in [-0.25, -0.2) is 0 Å². The summed E-state index contributed by atoms with van der Waals surface area (Å²) in [4.78, 5) is 28.1. The molecule has 1 aliphatic heterocycles. The molecule has 1 fully saturated rings. The largest absolute Gasteiger partial charge is 0.466 e. The van der Waals surface area contributed by atoms with Gasteiger partial charge in [-0.05, 0) is 56.4 Å². The van der Waals surface area contributed by atoms with E-state index in [0.717, 1.165) is 30.5 Å². The molecule has 0 bridgehead atoms. The third kappa shape index (κ3) is 4.86. The van der Waals surface area contributed by atoms with Gasteiger partial charge in [0.2, 0.25) is 0 Å². The molecule has 0 unspecified atom stereocenters. The van der Waals surface area contributed by atoms with Crippen LogP contribution in [0.1, 0.15) is 54.9 Å². The fourth-order valence-electron chi connectivity index (χ4n) is 4.28. The number of rotatable bonds is 7. The molecule has 0 radical (unpaired) electrons. The summed E-state index contributed by atoms with van der Waals surface area (Å²) in [5, 5.41) is 5.09. The number of amides is 1. The molecule has 0 aliphatic carbocycles. The van der Waals surface area contributed by atoms with Crippen molar-refractivity contribution in [1.82, 2.24) is 14.7 Å². The summed E-state index contributed by atoms with van der Waals surface area (Å²) in [7, 11) is 1.79. The van der Waals surface area contributed by atoms with E-state index in [2.05, 4.69) is 12.0 Å². The maximum Gasteiger partial charge on any atom is 0.314 e. The molecule has 0 spiro atoms. The SMILES string of the molecule is CCCc1cc(C(=O)N2CCC[C@](Cc3cccc(Cl)c3)(C(=O)OCC)C2)n(C)n1. The summed E-state index contributed by atoms with van der Waals surface area (Å²) in [6.45, 7) is 5.15. The van der Waals surface area contributed by atoms with Crippen molar-refractivity contribution in [3.63, 3.8) is 0 Å². The minimum absolute atomic E-state index is 0.0909. The van der Waals surface area contributed by atoms with E-state index in [1.54, 1.807) is 16.6 Å². The lowest BCUT2D eigenvalue weighted by atomic mass is 9.75. The Labute approximate surface area is 183 Å². The Morgan fingerprint density at radius 3 is 2.77 bits per heavy atom. The minimum Gasteiger partial charge on any atom is -0.466 e. The predicted molar refractivity (Wildman–Crippen MR) is 117 cm³/mol. The summed E-state index contributed by atoms with van der Waals surface area (Å²) in [6, 6.07) is 9.40. The van der Waals surface area contributed by atoms with Gasteiger partial charge in [-0.2, -0.15) is 5.10 Å². The lowest BCUT2D eigenvalue weighted by Crippen LogP contribution is -2.52. The Morgan fingerprint density at radius 2 is 2.07 bits per heavy atom. The van der Waals surface area contributed by atoms with Crippen LogP contribution in [0.2, 0.25) is 5.02 Å². The fraction of sp³-hybridized carbons (Fsp3) is 0.522. The Bertz CT molecular complexity index is 911. The van der Waals surface area contributed by atoms with E-state index in [9.17, 15) is 9.59 Å². The zero-order valence-corrected chi connectivity index (χ0v) is 18.7. The van der Waals surface area contributed by atoms with E-state index in [-0.39, 0.29) is 11.9 Å². The topological polar surface area (TPSA) is 64.4 Å². The van der Waals surface area contributed by atoms with E-state index < -0.39 is 5.41 Å². The number of aryl methyl sites for hydroxylation is 2. The van der Waals surface area contributed by atoms with Gasteiger partial charge < -0.3 is 9.64 Å². The smallest absolute Gasteiger partial charge is 0.314 e. The Morgan fingerprint density at radius 1 is 1.27 bits per heavy atom. The van der Waals surface area contributed by atoms with Crippen molar-refractivity contribution in [2.45, 2.75) is 46.0 Å². The first-order chi connectivity index (χ1) is 14.4. The van der Waals surface area contributed by atoms with Crippen LogP contribution >= 0.6 is 11.6 Å². The summed E-state index contributed by atoms with van der Waals surface area (Å²) >= 11 is 6.16. The number of hydrogen-bond acceptors (Lipinski definition) is 4. The average Bonchev–Trinajstić information content (AvgIpc) is 3.08. The predicted octanol–water partition coefficient (Wildman–Crippen LogP) is 4.05. The Hall–Kier alpha value is -2.34. The van der Waals surface area contributed by atoms with Crippen molar-refractivity contribution < 1.29 is 14.3 Å². The van der Waals surface area contributed by atoms with Crippen LogP contribution in [0, 0.1) is 5.41 Å². The third-order valence-corrected chi connectivity index (χ3v) is 5.89. The third-order valence-electron chi connectivity index (χ3n) is 5.66. The number of piperidine rings is 1. The highest BCUT2D eigenvalue weighted by molar-refractivity contribution is 6.30. The number of hydrogen-bond donors (Lipinski definition) is 0. The number of nitrogens with zero attached hydrogens (tertiary/aromatic N) is 3. The van der Waals surface area contributed by atoms with Crippen LogP contribution in [-0.2, 0) is 29.4 Å². The van der Waals surface area contributed by atoms with Crippen molar-refractivity contribution in [3.8, 4) is 0 Å². The van der Waals surface area contributed by atoms with Gasteiger partial charge in [0, 0.05) is 25.2 Å². The molecule has 7 heteroatoms. The van der Waals surface area contributed by atoms with Gasteiger partial charge in [0.25, 0.3) is 5.91 Å². The second-order valence-electron chi connectivity index (χ2n) is 8.03. The number of carbonyl (C=O) groups excluding carboxylic acids is 2. The summed E-state index contributed by atoms with van der Waals surface area (Å²) in [6.07, 6.45) is 3.71. The molecular formula is C23H30ClN3O3. The molecular weight excluding hydrogens is 402 g/mol. The number of esters is 1. The van der Waals surface area contributed by atoms with Crippen LogP contribution in [0.25, 0.3) is 0 Å². The molecule has 1 aromatic carbocycles. The number of carbonyl (C=O) groups is 2. The van der Waals surface area contributed by atoms with Gasteiger partial charge in [-0.3, -0.25) is 14.3 Å². The quantitative estimate of drug-likeness (QED) is 0.620. The summed E-state index contributed by atoms with van der Waals surface area (Å²) in [5.74, 6) is -0.342. The molecule has 1 saturated heterocycles. The first kappa shape index (κ1) is 22.3. The van der Waals surface area contributed by atoms with Crippen molar-refractivity contribution in [2.24, 2.45) is 12.5 Å². The second-order valence-corrected chi connectivity index (χ2v) is 8.47. The number of benzene rings is 1. The fourth-order valence-corrected chi connectivity index (χ4v) is 4.49. The molecule has 1 aliphatic rings. The molecule has 6 nitrogen and oxygen atoms in total. The maximum absolute atomic E-state index is 13.3. The second kappa shape index (κ2) is 9.65. The van der Waals surface area contributed by atoms with Gasteiger partial charge >= 0.3 is 5.97 Å². The molecule has 2 aromatic rings. The normalized spacial score (nSPS) is 19.0. The first-order valence-corrected chi connectivity index (χ1v) is 11.0. The number of ether oxygens (including phenoxy) is 1.